The maximum atomic E-state index is 13.6. The van der Waals surface area contributed by atoms with Gasteiger partial charge in [0.05, 0.1) is 16.3 Å². The number of fused-ring (bicyclic) bond motifs is 5. The molecule has 0 spiro atoms. The van der Waals surface area contributed by atoms with Crippen molar-refractivity contribution in [2.24, 2.45) is 5.92 Å². The lowest BCUT2D eigenvalue weighted by atomic mass is 9.83. The SMILES string of the molecule is CCCNC(=O)c1ccc(N2C[C@H]3C[C@@H](C2)c2cccc(=O)n2C3)c(NS(=O)(=O)c2ccc3c(c2)OCCO3)c1. The normalized spacial score (nSPS) is 19.5. The fourth-order valence-electron chi connectivity index (χ4n) is 5.86. The van der Waals surface area contributed by atoms with E-state index in [9.17, 15) is 18.0 Å². The van der Waals surface area contributed by atoms with Crippen LogP contribution in [-0.2, 0) is 16.6 Å². The molecule has 2 N–H and O–H groups in total. The molecule has 3 aliphatic rings. The second-order valence-electron chi connectivity index (χ2n) is 10.5. The van der Waals surface area contributed by atoms with Crippen molar-refractivity contribution in [1.82, 2.24) is 9.88 Å². The van der Waals surface area contributed by atoms with Crippen molar-refractivity contribution in [3.05, 3.63) is 76.2 Å². The van der Waals surface area contributed by atoms with Gasteiger partial charge in [0, 0.05) is 55.5 Å². The van der Waals surface area contributed by atoms with Crippen molar-refractivity contribution < 1.29 is 22.7 Å². The van der Waals surface area contributed by atoms with Crippen molar-refractivity contribution in [3.63, 3.8) is 0 Å². The summed E-state index contributed by atoms with van der Waals surface area (Å²) in [6.45, 7) is 5.15. The van der Waals surface area contributed by atoms with E-state index < -0.39 is 10.0 Å². The van der Waals surface area contributed by atoms with Crippen LogP contribution >= 0.6 is 0 Å². The number of aromatic nitrogens is 1. The van der Waals surface area contributed by atoms with Crippen LogP contribution < -0.4 is 30.0 Å². The summed E-state index contributed by atoms with van der Waals surface area (Å²) in [5, 5.41) is 2.86. The van der Waals surface area contributed by atoms with Gasteiger partial charge in [-0.05, 0) is 55.2 Å². The monoisotopic (exact) mass is 564 g/mol. The average molecular weight is 565 g/mol. The Morgan fingerprint density at radius 3 is 2.65 bits per heavy atom. The first-order chi connectivity index (χ1) is 19.3. The van der Waals surface area contributed by atoms with Gasteiger partial charge in [-0.3, -0.25) is 14.3 Å². The molecular formula is C29H32N4O6S. The Balaban J connectivity index is 1.35. The van der Waals surface area contributed by atoms with Crippen molar-refractivity contribution in [3.8, 4) is 11.5 Å². The third-order valence-electron chi connectivity index (χ3n) is 7.68. The van der Waals surface area contributed by atoms with Gasteiger partial charge >= 0.3 is 0 Å². The molecule has 1 amide bonds. The minimum absolute atomic E-state index is 0.0102. The van der Waals surface area contributed by atoms with Gasteiger partial charge in [0.25, 0.3) is 21.5 Å². The van der Waals surface area contributed by atoms with E-state index in [1.165, 1.54) is 12.1 Å². The van der Waals surface area contributed by atoms with Crippen LogP contribution in [0, 0.1) is 5.92 Å². The van der Waals surface area contributed by atoms with E-state index >= 15 is 0 Å². The van der Waals surface area contributed by atoms with Gasteiger partial charge in [-0.15, -0.1) is 0 Å². The van der Waals surface area contributed by atoms with Crippen LogP contribution in [0.3, 0.4) is 0 Å². The lowest BCUT2D eigenvalue weighted by Crippen LogP contribution is -2.47. The number of nitrogens with one attached hydrogen (secondary N) is 2. The lowest BCUT2D eigenvalue weighted by molar-refractivity contribution is 0.0953. The first kappa shape index (κ1) is 26.2. The Hall–Kier alpha value is -3.99. The predicted octanol–water partition coefficient (Wildman–Crippen LogP) is 3.18. The summed E-state index contributed by atoms with van der Waals surface area (Å²) in [4.78, 5) is 27.5. The molecule has 2 aromatic carbocycles. The highest BCUT2D eigenvalue weighted by Gasteiger charge is 2.35. The van der Waals surface area contributed by atoms with E-state index in [4.69, 9.17) is 9.47 Å². The number of hydrogen-bond donors (Lipinski definition) is 2. The Kier molecular flexibility index (Phi) is 6.91. The molecule has 1 aromatic heterocycles. The summed E-state index contributed by atoms with van der Waals surface area (Å²) in [5.74, 6) is 0.980. The fourth-order valence-corrected chi connectivity index (χ4v) is 6.94. The van der Waals surface area contributed by atoms with E-state index in [0.29, 0.717) is 67.8 Å². The lowest BCUT2D eigenvalue weighted by Gasteiger charge is -2.44. The molecule has 3 aliphatic heterocycles. The van der Waals surface area contributed by atoms with E-state index in [1.807, 2.05) is 23.6 Å². The second kappa shape index (κ2) is 10.5. The number of carbonyl (C=O) groups excluding carboxylic acids is 1. The number of benzene rings is 2. The Bertz CT molecular complexity index is 1620. The molecule has 2 atom stereocenters. The van der Waals surface area contributed by atoms with Crippen LogP contribution in [0.4, 0.5) is 11.4 Å². The summed E-state index contributed by atoms with van der Waals surface area (Å²) < 4.78 is 43.0. The third kappa shape index (κ3) is 5.01. The zero-order valence-electron chi connectivity index (χ0n) is 22.3. The average Bonchev–Trinajstić information content (AvgIpc) is 2.96. The quantitative estimate of drug-likeness (QED) is 0.453. The van der Waals surface area contributed by atoms with Gasteiger partial charge in [0.1, 0.15) is 13.2 Å². The smallest absolute Gasteiger partial charge is 0.262 e. The molecule has 11 heteroatoms. The van der Waals surface area contributed by atoms with Gasteiger partial charge in [0.15, 0.2) is 11.5 Å². The molecule has 40 heavy (non-hydrogen) atoms. The number of ether oxygens (including phenoxy) is 2. The van der Waals surface area contributed by atoms with Gasteiger partial charge in [0.2, 0.25) is 0 Å². The molecule has 10 nitrogen and oxygen atoms in total. The van der Waals surface area contributed by atoms with Crippen molar-refractivity contribution >= 4 is 27.3 Å². The van der Waals surface area contributed by atoms with Crippen molar-refractivity contribution in [2.45, 2.75) is 37.1 Å². The summed E-state index contributed by atoms with van der Waals surface area (Å²) in [5.41, 5.74) is 2.39. The molecular weight excluding hydrogens is 532 g/mol. The minimum Gasteiger partial charge on any atom is -0.486 e. The molecule has 0 unspecified atom stereocenters. The Labute approximate surface area is 233 Å². The van der Waals surface area contributed by atoms with Crippen LogP contribution in [0.25, 0.3) is 0 Å². The molecule has 4 heterocycles. The molecule has 0 saturated carbocycles. The van der Waals surface area contributed by atoms with E-state index in [2.05, 4.69) is 14.9 Å². The number of carbonyl (C=O) groups is 1. The highest BCUT2D eigenvalue weighted by molar-refractivity contribution is 7.92. The molecule has 210 valence electrons. The largest absolute Gasteiger partial charge is 0.486 e. The molecule has 6 rings (SSSR count). The zero-order chi connectivity index (χ0) is 27.9. The molecule has 2 bridgehead atoms. The molecule has 0 radical (unpaired) electrons. The second-order valence-corrected chi connectivity index (χ2v) is 12.2. The number of hydrogen-bond acceptors (Lipinski definition) is 7. The van der Waals surface area contributed by atoms with E-state index in [1.54, 1.807) is 30.3 Å². The number of amides is 1. The van der Waals surface area contributed by atoms with Crippen LogP contribution in [0.15, 0.2) is 64.3 Å². The fraction of sp³-hybridized carbons (Fsp3) is 0.379. The number of pyridine rings is 1. The third-order valence-corrected chi connectivity index (χ3v) is 9.05. The maximum absolute atomic E-state index is 13.6. The first-order valence-corrected chi connectivity index (χ1v) is 15.1. The number of anilines is 2. The van der Waals surface area contributed by atoms with Crippen LogP contribution in [0.5, 0.6) is 11.5 Å². The van der Waals surface area contributed by atoms with Gasteiger partial charge in [-0.25, -0.2) is 8.42 Å². The highest BCUT2D eigenvalue weighted by atomic mass is 32.2. The molecule has 1 saturated heterocycles. The highest BCUT2D eigenvalue weighted by Crippen LogP contribution is 2.40. The molecule has 1 fully saturated rings. The Morgan fingerprint density at radius 1 is 1.00 bits per heavy atom. The predicted molar refractivity (Wildman–Crippen MR) is 151 cm³/mol. The van der Waals surface area contributed by atoms with Gasteiger partial charge in [-0.1, -0.05) is 13.0 Å². The van der Waals surface area contributed by atoms with Crippen LogP contribution in [-0.4, -0.2) is 51.7 Å². The molecule has 0 aliphatic carbocycles. The number of sulfonamides is 1. The zero-order valence-corrected chi connectivity index (χ0v) is 23.1. The number of nitrogens with zero attached hydrogens (tertiary/aromatic N) is 2. The standard InChI is InChI=1S/C29H32N4O6S/c1-2-10-30-29(35)20-6-8-25(32-16-19-13-21(18-32)24-4-3-5-28(34)33(24)17-19)23(14-20)31-40(36,37)22-7-9-26-27(15-22)39-12-11-38-26/h3-9,14-15,19,21,31H,2,10-13,16-18H2,1H3,(H,30,35)/t19-,21+/m1/s1. The summed E-state index contributed by atoms with van der Waals surface area (Å²) in [7, 11) is -4.03. The van der Waals surface area contributed by atoms with Crippen LogP contribution in [0.1, 0.15) is 41.7 Å². The van der Waals surface area contributed by atoms with Crippen LogP contribution in [0.2, 0.25) is 0 Å². The van der Waals surface area contributed by atoms with Crippen molar-refractivity contribution in [2.75, 3.05) is 42.5 Å². The summed E-state index contributed by atoms with van der Waals surface area (Å²) in [6, 6.07) is 15.0. The molecule has 3 aromatic rings. The summed E-state index contributed by atoms with van der Waals surface area (Å²) in [6.07, 6.45) is 1.75. The number of piperidine rings is 1. The van der Waals surface area contributed by atoms with E-state index in [-0.39, 0.29) is 28.2 Å². The first-order valence-electron chi connectivity index (χ1n) is 13.6. The topological polar surface area (TPSA) is 119 Å². The van der Waals surface area contributed by atoms with Gasteiger partial charge in [-0.2, -0.15) is 0 Å². The summed E-state index contributed by atoms with van der Waals surface area (Å²) >= 11 is 0. The van der Waals surface area contributed by atoms with E-state index in [0.717, 1.165) is 18.5 Å². The number of rotatable bonds is 7. The van der Waals surface area contributed by atoms with Gasteiger partial charge < -0.3 is 24.3 Å². The van der Waals surface area contributed by atoms with Crippen molar-refractivity contribution in [1.29, 1.82) is 0 Å². The minimum atomic E-state index is -4.03. The maximum Gasteiger partial charge on any atom is 0.262 e. The Morgan fingerprint density at radius 2 is 1.82 bits per heavy atom.